The molecular weight excluding hydrogens is 589 g/mol. The lowest BCUT2D eigenvalue weighted by molar-refractivity contribution is -0.140. The number of hydrogen-bond donors (Lipinski definition) is 1. The molecule has 0 saturated carbocycles. The fourth-order valence-electron chi connectivity index (χ4n) is 4.99. The summed E-state index contributed by atoms with van der Waals surface area (Å²) in [7, 11) is -4.20. The van der Waals surface area contributed by atoms with Gasteiger partial charge in [0.25, 0.3) is 10.0 Å². The lowest BCUT2D eigenvalue weighted by atomic mass is 10.0. The number of rotatable bonds is 11. The SMILES string of the molecule is Cc1ccc(S(=O)(=O)N(CC(=O)N(Cc2ccc(F)cc2)C(Cc2ccccc2)C(=O)NC(C)(C)C)c2ccccc2C)cc1. The number of carbonyl (C=O) groups excluding carboxylic acids is 2. The van der Waals surface area contributed by atoms with Crippen molar-refractivity contribution in [3.63, 3.8) is 0 Å². The highest BCUT2D eigenvalue weighted by atomic mass is 32.2. The molecule has 0 radical (unpaired) electrons. The van der Waals surface area contributed by atoms with Crippen molar-refractivity contribution in [2.24, 2.45) is 0 Å². The predicted molar refractivity (Wildman–Crippen MR) is 176 cm³/mol. The molecule has 7 nitrogen and oxygen atoms in total. The second kappa shape index (κ2) is 14.1. The molecule has 0 aromatic heterocycles. The molecule has 0 saturated heterocycles. The van der Waals surface area contributed by atoms with Gasteiger partial charge >= 0.3 is 0 Å². The predicted octanol–water partition coefficient (Wildman–Crippen LogP) is 6.19. The highest BCUT2D eigenvalue weighted by Crippen LogP contribution is 2.28. The van der Waals surface area contributed by atoms with E-state index in [4.69, 9.17) is 0 Å². The fourth-order valence-corrected chi connectivity index (χ4v) is 6.47. The van der Waals surface area contributed by atoms with Crippen LogP contribution in [0.4, 0.5) is 10.1 Å². The minimum atomic E-state index is -4.20. The smallest absolute Gasteiger partial charge is 0.264 e. The molecule has 45 heavy (non-hydrogen) atoms. The van der Waals surface area contributed by atoms with E-state index >= 15 is 0 Å². The molecule has 1 unspecified atom stereocenters. The molecule has 4 aromatic carbocycles. The Hall–Kier alpha value is -4.50. The Morgan fingerprint density at radius 1 is 0.800 bits per heavy atom. The van der Waals surface area contributed by atoms with E-state index in [0.717, 1.165) is 15.4 Å². The molecule has 1 atom stereocenters. The van der Waals surface area contributed by atoms with Crippen LogP contribution in [-0.4, -0.2) is 43.3 Å². The second-order valence-corrected chi connectivity index (χ2v) is 14.1. The van der Waals surface area contributed by atoms with Crippen LogP contribution in [0.5, 0.6) is 0 Å². The first-order valence-electron chi connectivity index (χ1n) is 14.8. The Labute approximate surface area is 265 Å². The Morgan fingerprint density at radius 2 is 1.40 bits per heavy atom. The number of hydrogen-bond acceptors (Lipinski definition) is 4. The van der Waals surface area contributed by atoms with Crippen LogP contribution < -0.4 is 9.62 Å². The Kier molecular flexibility index (Phi) is 10.4. The number of carbonyl (C=O) groups is 2. The van der Waals surface area contributed by atoms with Gasteiger partial charge in [-0.05, 0) is 81.6 Å². The van der Waals surface area contributed by atoms with Crippen molar-refractivity contribution in [3.05, 3.63) is 131 Å². The molecule has 0 heterocycles. The van der Waals surface area contributed by atoms with Gasteiger partial charge < -0.3 is 10.2 Å². The number of anilines is 1. The lowest BCUT2D eigenvalue weighted by Crippen LogP contribution is -2.56. The van der Waals surface area contributed by atoms with Crippen molar-refractivity contribution in [2.45, 2.75) is 64.1 Å². The average molecular weight is 630 g/mol. The molecule has 9 heteroatoms. The number of nitrogens with one attached hydrogen (secondary N) is 1. The Bertz CT molecular complexity index is 1720. The number of benzene rings is 4. The molecular formula is C36H40FN3O4S. The van der Waals surface area contributed by atoms with Crippen LogP contribution in [-0.2, 0) is 32.6 Å². The summed E-state index contributed by atoms with van der Waals surface area (Å²) in [4.78, 5) is 29.9. The molecule has 0 spiro atoms. The van der Waals surface area contributed by atoms with E-state index in [1.165, 1.54) is 29.2 Å². The van der Waals surface area contributed by atoms with Crippen molar-refractivity contribution >= 4 is 27.5 Å². The molecule has 0 aliphatic heterocycles. The van der Waals surface area contributed by atoms with E-state index in [1.807, 2.05) is 58.0 Å². The zero-order chi connectivity index (χ0) is 32.8. The van der Waals surface area contributed by atoms with Gasteiger partial charge in [0.1, 0.15) is 18.4 Å². The molecule has 0 aliphatic carbocycles. The first-order chi connectivity index (χ1) is 21.2. The number of amides is 2. The maximum Gasteiger partial charge on any atom is 0.264 e. The summed E-state index contributed by atoms with van der Waals surface area (Å²) < 4.78 is 43.3. The maximum atomic E-state index is 14.5. The van der Waals surface area contributed by atoms with Gasteiger partial charge in [-0.2, -0.15) is 0 Å². The molecule has 0 fully saturated rings. The molecule has 0 bridgehead atoms. The van der Waals surface area contributed by atoms with E-state index in [2.05, 4.69) is 5.32 Å². The quantitative estimate of drug-likeness (QED) is 0.214. The molecule has 1 N–H and O–H groups in total. The third kappa shape index (κ3) is 8.79. The van der Waals surface area contributed by atoms with Gasteiger partial charge in [-0.3, -0.25) is 13.9 Å². The number of nitrogens with zero attached hydrogens (tertiary/aromatic N) is 2. The minimum absolute atomic E-state index is 0.0413. The van der Waals surface area contributed by atoms with Crippen molar-refractivity contribution in [2.75, 3.05) is 10.8 Å². The van der Waals surface area contributed by atoms with Gasteiger partial charge in [-0.1, -0.05) is 78.4 Å². The van der Waals surface area contributed by atoms with Crippen LogP contribution in [0.1, 0.15) is 43.0 Å². The van der Waals surface area contributed by atoms with E-state index in [0.29, 0.717) is 16.8 Å². The molecule has 4 aromatic rings. The first kappa shape index (κ1) is 33.4. The van der Waals surface area contributed by atoms with Crippen LogP contribution in [0.2, 0.25) is 0 Å². The highest BCUT2D eigenvalue weighted by Gasteiger charge is 2.36. The largest absolute Gasteiger partial charge is 0.350 e. The summed E-state index contributed by atoms with van der Waals surface area (Å²) in [5.74, 6) is -1.40. The molecule has 4 rings (SSSR count). The van der Waals surface area contributed by atoms with E-state index in [-0.39, 0.29) is 23.8 Å². The third-order valence-corrected chi connectivity index (χ3v) is 9.08. The number of halogens is 1. The molecule has 0 aliphatic rings. The van der Waals surface area contributed by atoms with E-state index in [1.54, 1.807) is 55.5 Å². The monoisotopic (exact) mass is 629 g/mol. The Morgan fingerprint density at radius 3 is 2.00 bits per heavy atom. The van der Waals surface area contributed by atoms with Crippen molar-refractivity contribution < 1.29 is 22.4 Å². The van der Waals surface area contributed by atoms with E-state index in [9.17, 15) is 22.4 Å². The minimum Gasteiger partial charge on any atom is -0.350 e. The summed E-state index contributed by atoms with van der Waals surface area (Å²) >= 11 is 0. The van der Waals surface area contributed by atoms with Crippen molar-refractivity contribution in [1.82, 2.24) is 10.2 Å². The second-order valence-electron chi connectivity index (χ2n) is 12.2. The zero-order valence-electron chi connectivity index (χ0n) is 26.3. The number of aryl methyl sites for hydroxylation is 2. The maximum absolute atomic E-state index is 14.5. The highest BCUT2D eigenvalue weighted by molar-refractivity contribution is 7.92. The summed E-state index contributed by atoms with van der Waals surface area (Å²) in [6.07, 6.45) is 0.185. The molecule has 2 amide bonds. The van der Waals surface area contributed by atoms with Gasteiger partial charge in [0.15, 0.2) is 0 Å². The summed E-state index contributed by atoms with van der Waals surface area (Å²) in [6, 6.07) is 27.4. The van der Waals surface area contributed by atoms with Crippen LogP contribution >= 0.6 is 0 Å². The van der Waals surface area contributed by atoms with Crippen molar-refractivity contribution in [3.8, 4) is 0 Å². The topological polar surface area (TPSA) is 86.8 Å². The zero-order valence-corrected chi connectivity index (χ0v) is 27.1. The average Bonchev–Trinajstić information content (AvgIpc) is 2.99. The van der Waals surface area contributed by atoms with Crippen molar-refractivity contribution in [1.29, 1.82) is 0 Å². The lowest BCUT2D eigenvalue weighted by Gasteiger charge is -2.35. The van der Waals surface area contributed by atoms with Gasteiger partial charge in [0.2, 0.25) is 11.8 Å². The number of sulfonamides is 1. The number of para-hydroxylation sites is 1. The fraction of sp³-hybridized carbons (Fsp3) is 0.278. The van der Waals surface area contributed by atoms with Crippen LogP contribution in [0, 0.1) is 19.7 Å². The summed E-state index contributed by atoms with van der Waals surface area (Å²) in [5.41, 5.74) is 2.73. The summed E-state index contributed by atoms with van der Waals surface area (Å²) in [5, 5.41) is 3.00. The normalized spacial score (nSPS) is 12.3. The van der Waals surface area contributed by atoms with Gasteiger partial charge in [0, 0.05) is 18.5 Å². The van der Waals surface area contributed by atoms with Gasteiger partial charge in [0.05, 0.1) is 10.6 Å². The summed E-state index contributed by atoms with van der Waals surface area (Å²) in [6.45, 7) is 8.60. The van der Waals surface area contributed by atoms with Crippen LogP contribution in [0.15, 0.2) is 108 Å². The Balaban J connectivity index is 1.82. The molecule has 236 valence electrons. The van der Waals surface area contributed by atoms with E-state index < -0.39 is 39.9 Å². The van der Waals surface area contributed by atoms with Gasteiger partial charge in [-0.25, -0.2) is 12.8 Å². The van der Waals surface area contributed by atoms with Crippen LogP contribution in [0.25, 0.3) is 0 Å². The van der Waals surface area contributed by atoms with Gasteiger partial charge in [-0.15, -0.1) is 0 Å². The third-order valence-electron chi connectivity index (χ3n) is 7.31. The standard InChI is InChI=1S/C36H40FN3O4S/c1-26-15-21-31(22-16-26)45(43,44)40(32-14-10-9-11-27(32)2)25-34(41)39(24-29-17-19-30(37)20-18-29)33(35(42)38-36(3,4)5)23-28-12-7-6-8-13-28/h6-22,33H,23-25H2,1-5H3,(H,38,42). The first-order valence-corrected chi connectivity index (χ1v) is 16.2. The van der Waals surface area contributed by atoms with Crippen LogP contribution in [0.3, 0.4) is 0 Å².